The van der Waals surface area contributed by atoms with E-state index in [9.17, 15) is 19.5 Å². The molecule has 0 saturated carbocycles. The Morgan fingerprint density at radius 3 is 2.05 bits per heavy atom. The van der Waals surface area contributed by atoms with Gasteiger partial charge in [-0.2, -0.15) is 0 Å². The SMILES string of the molecule is CC(C)C(NC(=O)CC1(NC(=O)OCC2c3ccccc3-c3ccccc32)CCN(Cc2ccccc2)CC1)C(=O)O. The minimum absolute atomic E-state index is 0.0210. The summed E-state index contributed by atoms with van der Waals surface area (Å²) in [6.45, 7) is 5.83. The van der Waals surface area contributed by atoms with E-state index in [-0.39, 0.29) is 24.9 Å². The van der Waals surface area contributed by atoms with E-state index in [2.05, 4.69) is 51.9 Å². The van der Waals surface area contributed by atoms with Crippen molar-refractivity contribution in [3.05, 3.63) is 95.6 Å². The minimum atomic E-state index is -1.07. The molecule has 0 bridgehead atoms. The lowest BCUT2D eigenvalue weighted by molar-refractivity contribution is -0.143. The maximum atomic E-state index is 13.3. The fourth-order valence-electron chi connectivity index (χ4n) is 6.22. The predicted molar refractivity (Wildman–Crippen MR) is 161 cm³/mol. The van der Waals surface area contributed by atoms with Crippen LogP contribution in [0.4, 0.5) is 4.79 Å². The van der Waals surface area contributed by atoms with Crippen molar-refractivity contribution in [1.82, 2.24) is 15.5 Å². The summed E-state index contributed by atoms with van der Waals surface area (Å²) in [6.07, 6.45) is 0.487. The van der Waals surface area contributed by atoms with Crippen LogP contribution >= 0.6 is 0 Å². The number of hydrogen-bond acceptors (Lipinski definition) is 5. The zero-order chi connectivity index (χ0) is 29.7. The molecule has 0 spiro atoms. The molecule has 1 aliphatic heterocycles. The van der Waals surface area contributed by atoms with Crippen molar-refractivity contribution in [2.75, 3.05) is 19.7 Å². The number of alkyl carbamates (subject to hydrolysis) is 1. The smallest absolute Gasteiger partial charge is 0.407 e. The first-order chi connectivity index (χ1) is 20.2. The van der Waals surface area contributed by atoms with Gasteiger partial charge >= 0.3 is 12.1 Å². The van der Waals surface area contributed by atoms with Gasteiger partial charge in [0.1, 0.15) is 12.6 Å². The highest BCUT2D eigenvalue weighted by Gasteiger charge is 2.40. The molecule has 8 heteroatoms. The standard InChI is InChI=1S/C34H39N3O5/c1-23(2)31(32(39)40)35-30(38)20-34(16-18-37(19-17-34)21-24-10-4-3-5-11-24)36-33(41)42-22-29-27-14-8-6-12-25(27)26-13-7-9-15-28(26)29/h3-15,23,29,31H,16-22H2,1-2H3,(H,35,38)(H,36,41)(H,39,40). The summed E-state index contributed by atoms with van der Waals surface area (Å²) in [4.78, 5) is 40.5. The molecule has 1 fully saturated rings. The van der Waals surface area contributed by atoms with E-state index >= 15 is 0 Å². The van der Waals surface area contributed by atoms with Gasteiger partial charge in [-0.3, -0.25) is 9.69 Å². The van der Waals surface area contributed by atoms with Gasteiger partial charge in [-0.25, -0.2) is 9.59 Å². The average Bonchev–Trinajstić information content (AvgIpc) is 3.30. The van der Waals surface area contributed by atoms with E-state index in [0.717, 1.165) is 28.8 Å². The van der Waals surface area contributed by atoms with Crippen LogP contribution in [0.5, 0.6) is 0 Å². The van der Waals surface area contributed by atoms with Crippen molar-refractivity contribution in [1.29, 1.82) is 0 Å². The molecule has 0 aromatic heterocycles. The number of benzene rings is 3. The van der Waals surface area contributed by atoms with Gasteiger partial charge in [0, 0.05) is 32.0 Å². The molecule has 3 N–H and O–H groups in total. The average molecular weight is 570 g/mol. The van der Waals surface area contributed by atoms with Gasteiger partial charge in [0.05, 0.1) is 5.54 Å². The first-order valence-corrected chi connectivity index (χ1v) is 14.7. The molecule has 0 radical (unpaired) electrons. The third-order valence-corrected chi connectivity index (χ3v) is 8.52. The largest absolute Gasteiger partial charge is 0.480 e. The van der Waals surface area contributed by atoms with Gasteiger partial charge in [0.25, 0.3) is 0 Å². The highest BCUT2D eigenvalue weighted by molar-refractivity contribution is 5.85. The Bertz CT molecular complexity index is 1370. The van der Waals surface area contributed by atoms with Crippen LogP contribution in [0.15, 0.2) is 78.9 Å². The van der Waals surface area contributed by atoms with E-state index in [1.165, 1.54) is 5.56 Å². The summed E-state index contributed by atoms with van der Waals surface area (Å²) < 4.78 is 5.84. The Hall–Kier alpha value is -4.17. The van der Waals surface area contributed by atoms with Crippen molar-refractivity contribution in [3.63, 3.8) is 0 Å². The molecular formula is C34H39N3O5. The second-order valence-corrected chi connectivity index (χ2v) is 11.8. The number of rotatable bonds is 10. The second-order valence-electron chi connectivity index (χ2n) is 11.8. The Morgan fingerprint density at radius 1 is 0.905 bits per heavy atom. The quantitative estimate of drug-likeness (QED) is 0.311. The molecule has 3 aromatic carbocycles. The molecule has 3 aromatic rings. The second kappa shape index (κ2) is 12.8. The number of aliphatic carboxylic acids is 1. The van der Waals surface area contributed by atoms with Crippen LogP contribution in [-0.4, -0.2) is 59.3 Å². The summed E-state index contributed by atoms with van der Waals surface area (Å²) in [5, 5.41) is 15.3. The molecule has 8 nitrogen and oxygen atoms in total. The lowest BCUT2D eigenvalue weighted by atomic mass is 9.83. The number of ether oxygens (including phenoxy) is 1. The highest BCUT2D eigenvalue weighted by atomic mass is 16.5. The molecule has 1 saturated heterocycles. The molecule has 1 heterocycles. The van der Waals surface area contributed by atoms with Gasteiger partial charge in [0.2, 0.25) is 5.91 Å². The number of carboxylic acids is 1. The van der Waals surface area contributed by atoms with Crippen LogP contribution in [0.25, 0.3) is 11.1 Å². The summed E-state index contributed by atoms with van der Waals surface area (Å²) in [5.41, 5.74) is 4.91. The number of carbonyl (C=O) groups excluding carboxylic acids is 2. The summed E-state index contributed by atoms with van der Waals surface area (Å²) in [6, 6.07) is 25.5. The van der Waals surface area contributed by atoms with Gasteiger partial charge in [-0.05, 0) is 46.6 Å². The summed E-state index contributed by atoms with van der Waals surface area (Å²) in [5.74, 6) is -1.82. The molecule has 1 atom stereocenters. The van der Waals surface area contributed by atoms with Crippen LogP contribution < -0.4 is 10.6 Å². The van der Waals surface area contributed by atoms with Crippen molar-refractivity contribution in [3.8, 4) is 11.1 Å². The number of nitrogens with one attached hydrogen (secondary N) is 2. The Labute approximate surface area is 247 Å². The third-order valence-electron chi connectivity index (χ3n) is 8.52. The Kier molecular flexibility index (Phi) is 8.92. The van der Waals surface area contributed by atoms with Gasteiger partial charge < -0.3 is 20.5 Å². The van der Waals surface area contributed by atoms with Crippen molar-refractivity contribution >= 4 is 18.0 Å². The fraction of sp³-hybridized carbons (Fsp3) is 0.382. The maximum absolute atomic E-state index is 13.3. The first kappa shape index (κ1) is 29.3. The van der Waals surface area contributed by atoms with E-state index in [0.29, 0.717) is 25.9 Å². The van der Waals surface area contributed by atoms with Crippen LogP contribution in [0.2, 0.25) is 0 Å². The molecule has 5 rings (SSSR count). The number of hydrogen-bond donors (Lipinski definition) is 3. The molecule has 220 valence electrons. The molecule has 1 unspecified atom stereocenters. The molecule has 2 amide bonds. The lowest BCUT2D eigenvalue weighted by Gasteiger charge is -2.42. The third kappa shape index (κ3) is 6.65. The predicted octanol–water partition coefficient (Wildman–Crippen LogP) is 5.18. The van der Waals surface area contributed by atoms with E-state index in [4.69, 9.17) is 4.74 Å². The number of nitrogens with zero attached hydrogens (tertiary/aromatic N) is 1. The maximum Gasteiger partial charge on any atom is 0.407 e. The van der Waals surface area contributed by atoms with E-state index in [1.54, 1.807) is 13.8 Å². The Balaban J connectivity index is 1.27. The number of fused-ring (bicyclic) bond motifs is 3. The normalized spacial score (nSPS) is 16.7. The molecule has 42 heavy (non-hydrogen) atoms. The zero-order valence-electron chi connectivity index (χ0n) is 24.2. The Morgan fingerprint density at radius 2 is 1.48 bits per heavy atom. The van der Waals surface area contributed by atoms with E-state index in [1.807, 2.05) is 42.5 Å². The van der Waals surface area contributed by atoms with Crippen molar-refractivity contribution in [2.24, 2.45) is 5.92 Å². The van der Waals surface area contributed by atoms with Gasteiger partial charge in [-0.1, -0.05) is 92.7 Å². The zero-order valence-corrected chi connectivity index (χ0v) is 24.2. The van der Waals surface area contributed by atoms with Crippen LogP contribution in [0, 0.1) is 5.92 Å². The number of piperidine rings is 1. The number of amides is 2. The van der Waals surface area contributed by atoms with Crippen LogP contribution in [0.1, 0.15) is 55.7 Å². The highest BCUT2D eigenvalue weighted by Crippen LogP contribution is 2.44. The van der Waals surface area contributed by atoms with Crippen molar-refractivity contribution in [2.45, 2.75) is 57.2 Å². The van der Waals surface area contributed by atoms with Crippen LogP contribution in [-0.2, 0) is 20.9 Å². The number of likely N-dealkylation sites (tertiary alicyclic amines) is 1. The lowest BCUT2D eigenvalue weighted by Crippen LogP contribution is -2.58. The minimum Gasteiger partial charge on any atom is -0.480 e. The first-order valence-electron chi connectivity index (χ1n) is 14.7. The number of carboxylic acid groups (broad SMARTS) is 1. The van der Waals surface area contributed by atoms with Gasteiger partial charge in [0.15, 0.2) is 0 Å². The van der Waals surface area contributed by atoms with Crippen LogP contribution in [0.3, 0.4) is 0 Å². The van der Waals surface area contributed by atoms with Gasteiger partial charge in [-0.15, -0.1) is 0 Å². The molecular weight excluding hydrogens is 530 g/mol. The molecule has 2 aliphatic rings. The monoisotopic (exact) mass is 569 g/mol. The molecule has 1 aliphatic carbocycles. The fourth-order valence-corrected chi connectivity index (χ4v) is 6.22. The van der Waals surface area contributed by atoms with E-state index < -0.39 is 29.6 Å². The summed E-state index contributed by atoms with van der Waals surface area (Å²) in [7, 11) is 0. The number of carbonyl (C=O) groups is 3. The van der Waals surface area contributed by atoms with Crippen molar-refractivity contribution < 1.29 is 24.2 Å². The summed E-state index contributed by atoms with van der Waals surface area (Å²) >= 11 is 0. The topological polar surface area (TPSA) is 108 Å².